The van der Waals surface area contributed by atoms with Crippen molar-refractivity contribution in [2.45, 2.75) is 0 Å². The summed E-state index contributed by atoms with van der Waals surface area (Å²) in [6, 6.07) is 8.09. The third kappa shape index (κ3) is 2.34. The Morgan fingerprint density at radius 2 is 1.56 bits per heavy atom. The van der Waals surface area contributed by atoms with E-state index in [1.807, 2.05) is 0 Å². The smallest absolute Gasteiger partial charge is 0.132 e. The number of benzene rings is 2. The van der Waals surface area contributed by atoms with Gasteiger partial charge < -0.3 is 0 Å². The molecule has 0 aliphatic rings. The van der Waals surface area contributed by atoms with E-state index < -0.39 is 11.6 Å². The maximum atomic E-state index is 13.5. The molecular formula is C12H6Cl2F2. The number of hydrogen-bond acceptors (Lipinski definition) is 0. The fraction of sp³-hybridized carbons (Fsp3) is 0. The highest BCUT2D eigenvalue weighted by molar-refractivity contribution is 6.31. The first-order valence-electron chi connectivity index (χ1n) is 4.48. The van der Waals surface area contributed by atoms with E-state index in [9.17, 15) is 8.78 Å². The van der Waals surface area contributed by atoms with E-state index in [4.69, 9.17) is 23.2 Å². The second-order valence-corrected chi connectivity index (χ2v) is 4.16. The average Bonchev–Trinajstić information content (AvgIpc) is 2.15. The van der Waals surface area contributed by atoms with E-state index in [1.165, 1.54) is 30.3 Å². The lowest BCUT2D eigenvalue weighted by Gasteiger charge is -2.04. The highest BCUT2D eigenvalue weighted by Gasteiger charge is 2.07. The van der Waals surface area contributed by atoms with Gasteiger partial charge >= 0.3 is 0 Å². The van der Waals surface area contributed by atoms with Crippen LogP contribution in [0, 0.1) is 11.6 Å². The van der Waals surface area contributed by atoms with Crippen molar-refractivity contribution >= 4 is 23.2 Å². The van der Waals surface area contributed by atoms with Crippen molar-refractivity contribution < 1.29 is 8.78 Å². The number of rotatable bonds is 1. The SMILES string of the molecule is Fc1cc(Cl)cc(-c2ccc(Cl)cc2F)c1. The topological polar surface area (TPSA) is 0 Å². The lowest BCUT2D eigenvalue weighted by atomic mass is 10.1. The Balaban J connectivity index is 2.58. The summed E-state index contributed by atoms with van der Waals surface area (Å²) in [4.78, 5) is 0. The van der Waals surface area contributed by atoms with Gasteiger partial charge in [-0.05, 0) is 42.0 Å². The molecule has 0 aliphatic heterocycles. The van der Waals surface area contributed by atoms with Gasteiger partial charge in [-0.2, -0.15) is 0 Å². The number of hydrogen-bond donors (Lipinski definition) is 0. The molecule has 0 amide bonds. The molecule has 0 aromatic heterocycles. The molecule has 0 saturated carbocycles. The van der Waals surface area contributed by atoms with E-state index in [2.05, 4.69) is 0 Å². The molecule has 0 atom stereocenters. The van der Waals surface area contributed by atoms with Gasteiger partial charge in [0.25, 0.3) is 0 Å². The van der Waals surface area contributed by atoms with Crippen molar-refractivity contribution in [3.63, 3.8) is 0 Å². The molecule has 0 unspecified atom stereocenters. The molecule has 0 heterocycles. The zero-order valence-corrected chi connectivity index (χ0v) is 9.49. The summed E-state index contributed by atoms with van der Waals surface area (Å²) in [6.07, 6.45) is 0. The van der Waals surface area contributed by atoms with Crippen LogP contribution in [0.1, 0.15) is 0 Å². The predicted molar refractivity (Wildman–Crippen MR) is 61.8 cm³/mol. The van der Waals surface area contributed by atoms with E-state index in [-0.39, 0.29) is 10.6 Å². The van der Waals surface area contributed by atoms with Crippen LogP contribution in [0.3, 0.4) is 0 Å². The molecule has 82 valence electrons. The summed E-state index contributed by atoms with van der Waals surface area (Å²) < 4.78 is 26.6. The third-order valence-electron chi connectivity index (χ3n) is 2.10. The van der Waals surface area contributed by atoms with Crippen molar-refractivity contribution in [2.75, 3.05) is 0 Å². The summed E-state index contributed by atoms with van der Waals surface area (Å²) in [5, 5.41) is 0.521. The molecule has 0 bridgehead atoms. The van der Waals surface area contributed by atoms with Gasteiger partial charge in [-0.3, -0.25) is 0 Å². The van der Waals surface area contributed by atoms with Gasteiger partial charge in [-0.25, -0.2) is 8.78 Å². The predicted octanol–water partition coefficient (Wildman–Crippen LogP) is 4.94. The zero-order valence-electron chi connectivity index (χ0n) is 7.98. The molecule has 2 aromatic rings. The van der Waals surface area contributed by atoms with Crippen molar-refractivity contribution in [1.29, 1.82) is 0 Å². The largest absolute Gasteiger partial charge is 0.207 e. The Hall–Kier alpha value is -1.12. The van der Waals surface area contributed by atoms with Crippen LogP contribution in [0.15, 0.2) is 36.4 Å². The molecule has 0 spiro atoms. The Morgan fingerprint density at radius 3 is 2.19 bits per heavy atom. The highest BCUT2D eigenvalue weighted by Crippen LogP contribution is 2.28. The minimum absolute atomic E-state index is 0.226. The van der Waals surface area contributed by atoms with Crippen LogP contribution in [-0.2, 0) is 0 Å². The standard InChI is InChI=1S/C12H6Cl2F2/c13-8-1-2-11(12(16)6-8)7-3-9(14)5-10(15)4-7/h1-6H. The van der Waals surface area contributed by atoms with Gasteiger partial charge in [0.1, 0.15) is 11.6 Å². The van der Waals surface area contributed by atoms with E-state index in [0.717, 1.165) is 0 Å². The molecule has 0 aliphatic carbocycles. The fourth-order valence-corrected chi connectivity index (χ4v) is 1.81. The summed E-state index contributed by atoms with van der Waals surface area (Å²) in [5.74, 6) is -1.01. The minimum Gasteiger partial charge on any atom is -0.207 e. The molecule has 0 N–H and O–H groups in total. The summed E-state index contributed by atoms with van der Waals surface area (Å²) >= 11 is 11.3. The lowest BCUT2D eigenvalue weighted by molar-refractivity contribution is 0.625. The fourth-order valence-electron chi connectivity index (χ4n) is 1.43. The summed E-state index contributed by atoms with van der Waals surface area (Å²) in [5.41, 5.74) is 0.657. The normalized spacial score (nSPS) is 10.5. The first-order valence-corrected chi connectivity index (χ1v) is 5.23. The average molecular weight is 259 g/mol. The van der Waals surface area contributed by atoms with E-state index in [0.29, 0.717) is 10.6 Å². The molecule has 0 saturated heterocycles. The van der Waals surface area contributed by atoms with Gasteiger partial charge in [0.15, 0.2) is 0 Å². The second kappa shape index (κ2) is 4.40. The van der Waals surface area contributed by atoms with Gasteiger partial charge in [0, 0.05) is 15.6 Å². The van der Waals surface area contributed by atoms with Crippen molar-refractivity contribution in [2.24, 2.45) is 0 Å². The first-order chi connectivity index (χ1) is 7.56. The molecule has 2 rings (SSSR count). The van der Waals surface area contributed by atoms with E-state index in [1.54, 1.807) is 6.07 Å². The Bertz CT molecular complexity index is 518. The number of halogens is 4. The van der Waals surface area contributed by atoms with Gasteiger partial charge in [0.2, 0.25) is 0 Å². The molecule has 0 nitrogen and oxygen atoms in total. The Morgan fingerprint density at radius 1 is 0.812 bits per heavy atom. The Kier molecular flexibility index (Phi) is 3.13. The molecule has 2 aromatic carbocycles. The van der Waals surface area contributed by atoms with Crippen molar-refractivity contribution in [1.82, 2.24) is 0 Å². The molecule has 0 fully saturated rings. The second-order valence-electron chi connectivity index (χ2n) is 3.28. The van der Waals surface area contributed by atoms with E-state index >= 15 is 0 Å². The van der Waals surface area contributed by atoms with Crippen molar-refractivity contribution in [3.8, 4) is 11.1 Å². The van der Waals surface area contributed by atoms with Crippen LogP contribution in [0.4, 0.5) is 8.78 Å². The zero-order chi connectivity index (χ0) is 11.7. The maximum absolute atomic E-state index is 13.5. The summed E-state index contributed by atoms with van der Waals surface area (Å²) in [6.45, 7) is 0. The molecule has 4 heteroatoms. The van der Waals surface area contributed by atoms with Crippen LogP contribution < -0.4 is 0 Å². The molecular weight excluding hydrogens is 253 g/mol. The van der Waals surface area contributed by atoms with Gasteiger partial charge in [-0.15, -0.1) is 0 Å². The van der Waals surface area contributed by atoms with Gasteiger partial charge in [-0.1, -0.05) is 23.2 Å². The maximum Gasteiger partial charge on any atom is 0.132 e. The van der Waals surface area contributed by atoms with Crippen LogP contribution in [0.5, 0.6) is 0 Å². The Labute approximate surface area is 101 Å². The van der Waals surface area contributed by atoms with Crippen molar-refractivity contribution in [3.05, 3.63) is 58.1 Å². The minimum atomic E-state index is -0.505. The van der Waals surface area contributed by atoms with Crippen LogP contribution >= 0.6 is 23.2 Å². The van der Waals surface area contributed by atoms with Crippen LogP contribution in [-0.4, -0.2) is 0 Å². The third-order valence-corrected chi connectivity index (χ3v) is 2.56. The van der Waals surface area contributed by atoms with Crippen LogP contribution in [0.25, 0.3) is 11.1 Å². The summed E-state index contributed by atoms with van der Waals surface area (Å²) in [7, 11) is 0. The molecule has 16 heavy (non-hydrogen) atoms. The molecule has 0 radical (unpaired) electrons. The first kappa shape index (κ1) is 11.4. The van der Waals surface area contributed by atoms with Crippen LogP contribution in [0.2, 0.25) is 10.0 Å². The van der Waals surface area contributed by atoms with Gasteiger partial charge in [0.05, 0.1) is 0 Å². The quantitative estimate of drug-likeness (QED) is 0.680. The monoisotopic (exact) mass is 258 g/mol. The lowest BCUT2D eigenvalue weighted by Crippen LogP contribution is -1.86. The highest BCUT2D eigenvalue weighted by atomic mass is 35.5.